The van der Waals surface area contributed by atoms with Crippen LogP contribution in [0.1, 0.15) is 11.3 Å². The summed E-state index contributed by atoms with van der Waals surface area (Å²) >= 11 is 3.42. The van der Waals surface area contributed by atoms with E-state index in [-0.39, 0.29) is 17.2 Å². The number of hydrogen-bond donors (Lipinski definition) is 2. The second kappa shape index (κ2) is 7.03. The highest BCUT2D eigenvalue weighted by molar-refractivity contribution is 9.10. The van der Waals surface area contributed by atoms with E-state index in [4.69, 9.17) is 9.47 Å². The molecule has 0 fully saturated rings. The lowest BCUT2D eigenvalue weighted by atomic mass is 10.2. The molecule has 0 atom stereocenters. The zero-order chi connectivity index (χ0) is 16.1. The van der Waals surface area contributed by atoms with E-state index in [1.165, 1.54) is 0 Å². The number of hydrazone groups is 1. The Kier molecular flexibility index (Phi) is 5.10. The van der Waals surface area contributed by atoms with Gasteiger partial charge in [-0.3, -0.25) is 9.78 Å². The fourth-order valence-corrected chi connectivity index (χ4v) is 2.00. The van der Waals surface area contributed by atoms with E-state index >= 15 is 0 Å². The van der Waals surface area contributed by atoms with Crippen LogP contribution >= 0.6 is 15.9 Å². The Morgan fingerprint density at radius 3 is 2.59 bits per heavy atom. The number of aromatic nitrogens is 3. The summed E-state index contributed by atoms with van der Waals surface area (Å²) in [5, 5.41) is 11.5. The van der Waals surface area contributed by atoms with Crippen LogP contribution in [0.3, 0.4) is 0 Å². The van der Waals surface area contributed by atoms with Gasteiger partial charge in [0, 0.05) is 10.0 Å². The summed E-state index contributed by atoms with van der Waals surface area (Å²) in [5.41, 5.74) is 3.33. The fourth-order valence-electron chi connectivity index (χ4n) is 1.58. The van der Waals surface area contributed by atoms with E-state index in [1.54, 1.807) is 39.5 Å². The largest absolute Gasteiger partial charge is 0.493 e. The molecule has 0 amide bonds. The molecule has 0 unspecified atom stereocenters. The molecule has 1 heterocycles. The van der Waals surface area contributed by atoms with Gasteiger partial charge in [0.1, 0.15) is 5.69 Å². The molecule has 0 aliphatic rings. The molecule has 2 N–H and O–H groups in total. The number of anilines is 1. The molecule has 0 aliphatic carbocycles. The highest BCUT2D eigenvalue weighted by Gasteiger charge is 2.08. The lowest BCUT2D eigenvalue weighted by Gasteiger charge is -2.09. The average molecular weight is 368 g/mol. The second-order valence-electron chi connectivity index (χ2n) is 4.19. The van der Waals surface area contributed by atoms with Gasteiger partial charge >= 0.3 is 0 Å². The third-order valence-corrected chi connectivity index (χ3v) is 3.42. The van der Waals surface area contributed by atoms with Gasteiger partial charge in [-0.05, 0) is 35.0 Å². The van der Waals surface area contributed by atoms with Crippen LogP contribution in [0, 0.1) is 6.92 Å². The molecule has 1 aromatic heterocycles. The van der Waals surface area contributed by atoms with Gasteiger partial charge in [0.05, 0.1) is 20.4 Å². The smallest absolute Gasteiger partial charge is 0.274 e. The summed E-state index contributed by atoms with van der Waals surface area (Å²) in [6.07, 6.45) is 1.55. The molecule has 0 aliphatic heterocycles. The fraction of sp³-hybridized carbons (Fsp3) is 0.231. The maximum atomic E-state index is 11.4. The van der Waals surface area contributed by atoms with E-state index in [2.05, 4.69) is 41.6 Å². The lowest BCUT2D eigenvalue weighted by molar-refractivity contribution is 0.354. The van der Waals surface area contributed by atoms with Crippen LogP contribution < -0.4 is 20.5 Å². The third-order valence-electron chi connectivity index (χ3n) is 2.74. The van der Waals surface area contributed by atoms with Crippen molar-refractivity contribution < 1.29 is 9.47 Å². The van der Waals surface area contributed by atoms with Crippen LogP contribution in [0.2, 0.25) is 0 Å². The summed E-state index contributed by atoms with van der Waals surface area (Å²) in [7, 11) is 3.11. The number of nitrogens with one attached hydrogen (secondary N) is 2. The van der Waals surface area contributed by atoms with Gasteiger partial charge in [-0.1, -0.05) is 0 Å². The van der Waals surface area contributed by atoms with Crippen molar-refractivity contribution in [3.8, 4) is 11.5 Å². The molecule has 22 heavy (non-hydrogen) atoms. The van der Waals surface area contributed by atoms with Crippen molar-refractivity contribution in [3.05, 3.63) is 38.2 Å². The number of H-pyrrole nitrogens is 1. The number of aromatic amines is 1. The molecule has 0 saturated carbocycles. The van der Waals surface area contributed by atoms with Crippen LogP contribution in [0.5, 0.6) is 11.5 Å². The molecule has 0 spiro atoms. The molecule has 2 rings (SSSR count). The number of hydrogen-bond acceptors (Lipinski definition) is 7. The Labute approximate surface area is 134 Å². The van der Waals surface area contributed by atoms with Gasteiger partial charge in [-0.2, -0.15) is 5.10 Å². The Hall–Kier alpha value is -2.42. The molecule has 2 aromatic rings. The molecule has 0 bridgehead atoms. The predicted octanol–water partition coefficient (Wildman–Crippen LogP) is 1.70. The van der Waals surface area contributed by atoms with Crippen LogP contribution in [0.4, 0.5) is 5.95 Å². The highest BCUT2D eigenvalue weighted by Crippen LogP contribution is 2.32. The normalized spacial score (nSPS) is 10.7. The minimum atomic E-state index is -0.319. The summed E-state index contributed by atoms with van der Waals surface area (Å²) in [4.78, 5) is 13.9. The van der Waals surface area contributed by atoms with Crippen molar-refractivity contribution in [2.75, 3.05) is 19.6 Å². The molecule has 116 valence electrons. The van der Waals surface area contributed by atoms with Gasteiger partial charge in [-0.15, -0.1) is 10.2 Å². The first-order valence-corrected chi connectivity index (χ1v) is 6.98. The first-order valence-electron chi connectivity index (χ1n) is 6.19. The SMILES string of the molecule is COc1cc(Br)c(/C=N\Nc2nnc(C)c(=O)[nH]2)cc1OC. The van der Waals surface area contributed by atoms with E-state index in [0.717, 1.165) is 10.0 Å². The number of aryl methyl sites for hydroxylation is 1. The van der Waals surface area contributed by atoms with E-state index in [0.29, 0.717) is 11.5 Å². The Morgan fingerprint density at radius 1 is 1.27 bits per heavy atom. The minimum Gasteiger partial charge on any atom is -0.493 e. The van der Waals surface area contributed by atoms with E-state index in [1.807, 2.05) is 0 Å². The van der Waals surface area contributed by atoms with Gasteiger partial charge < -0.3 is 9.47 Å². The van der Waals surface area contributed by atoms with E-state index in [9.17, 15) is 4.79 Å². The number of nitrogens with zero attached hydrogens (tertiary/aromatic N) is 3. The monoisotopic (exact) mass is 367 g/mol. The zero-order valence-corrected chi connectivity index (χ0v) is 13.8. The summed E-state index contributed by atoms with van der Waals surface area (Å²) in [5.74, 6) is 1.34. The number of benzene rings is 1. The van der Waals surface area contributed by atoms with Crippen molar-refractivity contribution in [1.82, 2.24) is 15.2 Å². The van der Waals surface area contributed by atoms with Crippen molar-refractivity contribution in [2.24, 2.45) is 5.10 Å². The highest BCUT2D eigenvalue weighted by atomic mass is 79.9. The maximum Gasteiger partial charge on any atom is 0.274 e. The summed E-state index contributed by atoms with van der Waals surface area (Å²) in [6, 6.07) is 3.53. The molecule has 0 radical (unpaired) electrons. The minimum absolute atomic E-state index is 0.156. The third kappa shape index (κ3) is 3.61. The van der Waals surface area contributed by atoms with Crippen LogP contribution in [-0.4, -0.2) is 35.6 Å². The van der Waals surface area contributed by atoms with Gasteiger partial charge in [0.25, 0.3) is 5.56 Å². The van der Waals surface area contributed by atoms with Gasteiger partial charge in [-0.25, -0.2) is 5.43 Å². The van der Waals surface area contributed by atoms with Crippen LogP contribution in [-0.2, 0) is 0 Å². The number of methoxy groups -OCH3 is 2. The quantitative estimate of drug-likeness (QED) is 0.615. The Bertz CT molecular complexity index is 760. The number of rotatable bonds is 5. The number of ether oxygens (including phenoxy) is 2. The maximum absolute atomic E-state index is 11.4. The molecule has 9 heteroatoms. The van der Waals surface area contributed by atoms with Crippen molar-refractivity contribution in [1.29, 1.82) is 0 Å². The van der Waals surface area contributed by atoms with Crippen molar-refractivity contribution in [2.45, 2.75) is 6.92 Å². The molecule has 0 saturated heterocycles. The van der Waals surface area contributed by atoms with Gasteiger partial charge in [0.15, 0.2) is 11.5 Å². The molecular formula is C13H14BrN5O3. The standard InChI is InChI=1S/C13H14BrN5O3/c1-7-12(20)16-13(19-17-7)18-15-6-8-4-10(21-2)11(22-3)5-9(8)14/h4-6H,1-3H3,(H2,16,18,19,20)/b15-6-. The first kappa shape index (κ1) is 16.0. The average Bonchev–Trinajstić information content (AvgIpc) is 2.52. The number of halogens is 1. The van der Waals surface area contributed by atoms with Crippen LogP contribution in [0.25, 0.3) is 0 Å². The van der Waals surface area contributed by atoms with Crippen LogP contribution in [0.15, 0.2) is 26.5 Å². The van der Waals surface area contributed by atoms with Gasteiger partial charge in [0.2, 0.25) is 5.95 Å². The second-order valence-corrected chi connectivity index (χ2v) is 5.04. The Morgan fingerprint density at radius 2 is 1.95 bits per heavy atom. The first-order chi connectivity index (χ1) is 10.5. The molecule has 1 aromatic carbocycles. The van der Waals surface area contributed by atoms with Crippen molar-refractivity contribution in [3.63, 3.8) is 0 Å². The molecule has 8 nitrogen and oxygen atoms in total. The Balaban J connectivity index is 2.19. The van der Waals surface area contributed by atoms with Crippen molar-refractivity contribution >= 4 is 28.1 Å². The van der Waals surface area contributed by atoms with E-state index < -0.39 is 0 Å². The topological polar surface area (TPSA) is 101 Å². The summed E-state index contributed by atoms with van der Waals surface area (Å²) in [6.45, 7) is 1.57. The summed E-state index contributed by atoms with van der Waals surface area (Å²) < 4.78 is 11.2. The zero-order valence-electron chi connectivity index (χ0n) is 12.2. The predicted molar refractivity (Wildman–Crippen MR) is 85.9 cm³/mol. The lowest BCUT2D eigenvalue weighted by Crippen LogP contribution is -2.15. The molecular weight excluding hydrogens is 354 g/mol.